The minimum Gasteiger partial charge on any atom is -0.365 e. The lowest BCUT2D eigenvalue weighted by Crippen LogP contribution is -2.51. The lowest BCUT2D eigenvalue weighted by molar-refractivity contribution is -0.152. The van der Waals surface area contributed by atoms with Gasteiger partial charge in [0.2, 0.25) is 5.91 Å². The Morgan fingerprint density at radius 1 is 1.42 bits per heavy atom. The second kappa shape index (κ2) is 6.60. The number of carbonyl (C=O) groups excluding carboxylic acids is 2. The van der Waals surface area contributed by atoms with Crippen LogP contribution in [-0.4, -0.2) is 70.9 Å². The van der Waals surface area contributed by atoms with Gasteiger partial charge in [0.05, 0.1) is 25.3 Å². The highest BCUT2D eigenvalue weighted by Gasteiger charge is 2.30. The van der Waals surface area contributed by atoms with Gasteiger partial charge in [-0.05, 0) is 18.6 Å². The maximum absolute atomic E-state index is 12.6. The molecular formula is C17H22N4O3. The number of hydrogen-bond donors (Lipinski definition) is 0. The monoisotopic (exact) mass is 330 g/mol. The Morgan fingerprint density at radius 2 is 2.21 bits per heavy atom. The van der Waals surface area contributed by atoms with Crippen LogP contribution >= 0.6 is 0 Å². The molecule has 7 heteroatoms. The zero-order chi connectivity index (χ0) is 17.3. The third-order valence-electron chi connectivity index (χ3n) is 4.28. The Kier molecular flexibility index (Phi) is 4.53. The van der Waals surface area contributed by atoms with Crippen LogP contribution in [0.5, 0.6) is 0 Å². The van der Waals surface area contributed by atoms with Crippen molar-refractivity contribution in [1.82, 2.24) is 19.2 Å². The van der Waals surface area contributed by atoms with Gasteiger partial charge in [-0.1, -0.05) is 6.07 Å². The fourth-order valence-electron chi connectivity index (χ4n) is 2.91. The maximum atomic E-state index is 12.6. The van der Waals surface area contributed by atoms with Crippen molar-refractivity contribution in [3.8, 4) is 0 Å². The molecule has 0 saturated carbocycles. The summed E-state index contributed by atoms with van der Waals surface area (Å²) in [7, 11) is 3.38. The van der Waals surface area contributed by atoms with Gasteiger partial charge in [0, 0.05) is 33.0 Å². The topological polar surface area (TPSA) is 67.2 Å². The summed E-state index contributed by atoms with van der Waals surface area (Å²) in [5, 5.41) is 0. The quantitative estimate of drug-likeness (QED) is 0.822. The number of aryl methyl sites for hydroxylation is 1. The molecule has 2 amide bonds. The van der Waals surface area contributed by atoms with Crippen molar-refractivity contribution in [3.63, 3.8) is 0 Å². The Morgan fingerprint density at radius 3 is 2.96 bits per heavy atom. The molecule has 1 fully saturated rings. The zero-order valence-corrected chi connectivity index (χ0v) is 14.2. The van der Waals surface area contributed by atoms with Crippen molar-refractivity contribution in [2.24, 2.45) is 0 Å². The van der Waals surface area contributed by atoms with E-state index in [2.05, 4.69) is 4.98 Å². The van der Waals surface area contributed by atoms with Crippen LogP contribution < -0.4 is 0 Å². The first-order chi connectivity index (χ1) is 11.5. The van der Waals surface area contributed by atoms with E-state index in [4.69, 9.17) is 4.74 Å². The normalized spacial score (nSPS) is 18.0. The second-order valence-electron chi connectivity index (χ2n) is 6.24. The van der Waals surface area contributed by atoms with Crippen LogP contribution in [0.4, 0.5) is 0 Å². The summed E-state index contributed by atoms with van der Waals surface area (Å²) in [4.78, 5) is 32.3. The predicted octanol–water partition coefficient (Wildman–Crippen LogP) is 0.501. The van der Waals surface area contributed by atoms with Gasteiger partial charge in [-0.2, -0.15) is 0 Å². The fourth-order valence-corrected chi connectivity index (χ4v) is 2.91. The van der Waals surface area contributed by atoms with Crippen molar-refractivity contribution < 1.29 is 14.3 Å². The maximum Gasteiger partial charge on any atom is 0.253 e. The lowest BCUT2D eigenvalue weighted by Gasteiger charge is -2.33. The number of pyridine rings is 1. The molecule has 1 saturated heterocycles. The van der Waals surface area contributed by atoms with E-state index >= 15 is 0 Å². The molecule has 3 rings (SSSR count). The average molecular weight is 330 g/mol. The molecule has 0 unspecified atom stereocenters. The molecule has 0 aromatic carbocycles. The van der Waals surface area contributed by atoms with Crippen LogP contribution in [0.2, 0.25) is 0 Å². The third kappa shape index (κ3) is 3.12. The number of likely N-dealkylation sites (N-methyl/N-ethyl adjacent to an activating group) is 1. The Balaban J connectivity index is 1.72. The smallest absolute Gasteiger partial charge is 0.253 e. The first-order valence-corrected chi connectivity index (χ1v) is 7.99. The van der Waals surface area contributed by atoms with Crippen molar-refractivity contribution >= 4 is 17.5 Å². The number of imidazole rings is 1. The van der Waals surface area contributed by atoms with Crippen LogP contribution in [0.1, 0.15) is 11.3 Å². The first kappa shape index (κ1) is 16.4. The van der Waals surface area contributed by atoms with Gasteiger partial charge in [0.25, 0.3) is 5.91 Å². The molecule has 1 aliphatic rings. The van der Waals surface area contributed by atoms with Crippen LogP contribution in [0.15, 0.2) is 24.5 Å². The second-order valence-corrected chi connectivity index (χ2v) is 6.24. The molecule has 0 spiro atoms. The molecule has 128 valence electrons. The largest absolute Gasteiger partial charge is 0.365 e. The summed E-state index contributed by atoms with van der Waals surface area (Å²) >= 11 is 0. The van der Waals surface area contributed by atoms with Crippen LogP contribution in [0, 0.1) is 6.92 Å². The highest BCUT2D eigenvalue weighted by Crippen LogP contribution is 2.14. The zero-order valence-electron chi connectivity index (χ0n) is 14.2. The average Bonchev–Trinajstić information content (AvgIpc) is 2.98. The molecule has 2 aromatic rings. The van der Waals surface area contributed by atoms with Crippen molar-refractivity contribution in [2.45, 2.75) is 19.4 Å². The summed E-state index contributed by atoms with van der Waals surface area (Å²) in [6, 6.07) is 3.94. The van der Waals surface area contributed by atoms with E-state index in [1.54, 1.807) is 25.2 Å². The minimum atomic E-state index is -0.581. The summed E-state index contributed by atoms with van der Waals surface area (Å²) < 4.78 is 7.44. The molecule has 3 heterocycles. The predicted molar refractivity (Wildman–Crippen MR) is 88.6 cm³/mol. The molecule has 0 bridgehead atoms. The van der Waals surface area contributed by atoms with Gasteiger partial charge < -0.3 is 18.9 Å². The number of amides is 2. The third-order valence-corrected chi connectivity index (χ3v) is 4.28. The van der Waals surface area contributed by atoms with E-state index in [-0.39, 0.29) is 18.2 Å². The van der Waals surface area contributed by atoms with Gasteiger partial charge >= 0.3 is 0 Å². The molecule has 0 radical (unpaired) electrons. The van der Waals surface area contributed by atoms with Gasteiger partial charge in [-0.3, -0.25) is 9.59 Å². The first-order valence-electron chi connectivity index (χ1n) is 7.99. The van der Waals surface area contributed by atoms with E-state index < -0.39 is 6.10 Å². The van der Waals surface area contributed by atoms with Crippen LogP contribution in [0.25, 0.3) is 5.65 Å². The van der Waals surface area contributed by atoms with Crippen LogP contribution in [-0.2, 0) is 20.7 Å². The molecule has 0 aliphatic carbocycles. The van der Waals surface area contributed by atoms with E-state index in [9.17, 15) is 9.59 Å². The van der Waals surface area contributed by atoms with Gasteiger partial charge in [0.15, 0.2) is 6.10 Å². The van der Waals surface area contributed by atoms with Gasteiger partial charge in [0.1, 0.15) is 5.65 Å². The number of carbonyl (C=O) groups is 2. The Hall–Kier alpha value is -2.41. The molecular weight excluding hydrogens is 308 g/mol. The Labute approximate surface area is 140 Å². The molecule has 24 heavy (non-hydrogen) atoms. The van der Waals surface area contributed by atoms with E-state index in [1.807, 2.05) is 29.7 Å². The molecule has 2 aromatic heterocycles. The minimum absolute atomic E-state index is 0.0156. The summed E-state index contributed by atoms with van der Waals surface area (Å²) in [6.07, 6.45) is 3.33. The molecule has 1 aliphatic heterocycles. The number of morpholine rings is 1. The lowest BCUT2D eigenvalue weighted by atomic mass is 10.2. The number of fused-ring (bicyclic) bond motifs is 1. The number of aromatic nitrogens is 2. The number of nitrogens with zero attached hydrogens (tertiary/aromatic N) is 4. The number of ether oxygens (including phenoxy) is 1. The standard InChI is InChI=1S/C17H22N4O3/c1-12-5-4-6-21-13(10-18-16(12)21)9-15(22)20-7-8-24-14(11-20)17(23)19(2)3/h4-6,10,14H,7-9,11H2,1-3H3/t14-/m0/s1. The fraction of sp³-hybridized carbons (Fsp3) is 0.471. The number of rotatable bonds is 3. The van der Waals surface area contributed by atoms with Gasteiger partial charge in [-0.15, -0.1) is 0 Å². The Bertz CT molecular complexity index is 768. The molecule has 1 atom stereocenters. The van der Waals surface area contributed by atoms with Crippen molar-refractivity contribution in [2.75, 3.05) is 33.8 Å². The summed E-state index contributed by atoms with van der Waals surface area (Å²) in [6.45, 7) is 3.17. The van der Waals surface area contributed by atoms with E-state index in [1.165, 1.54) is 4.90 Å². The van der Waals surface area contributed by atoms with Crippen LogP contribution in [0.3, 0.4) is 0 Å². The molecule has 0 N–H and O–H groups in total. The van der Waals surface area contributed by atoms with Crippen molar-refractivity contribution in [1.29, 1.82) is 0 Å². The van der Waals surface area contributed by atoms with Gasteiger partial charge in [-0.25, -0.2) is 4.98 Å². The summed E-state index contributed by atoms with van der Waals surface area (Å²) in [5.41, 5.74) is 2.78. The summed E-state index contributed by atoms with van der Waals surface area (Å²) in [5.74, 6) is -0.129. The number of hydrogen-bond acceptors (Lipinski definition) is 4. The highest BCUT2D eigenvalue weighted by atomic mass is 16.5. The van der Waals surface area contributed by atoms with E-state index in [0.717, 1.165) is 16.9 Å². The van der Waals surface area contributed by atoms with E-state index in [0.29, 0.717) is 19.7 Å². The molecule has 7 nitrogen and oxygen atoms in total. The van der Waals surface area contributed by atoms with Crippen molar-refractivity contribution in [3.05, 3.63) is 35.8 Å². The SMILES string of the molecule is Cc1cccn2c(CC(=O)N3CCO[C@H](C(=O)N(C)C)C3)cnc12. The highest BCUT2D eigenvalue weighted by molar-refractivity contribution is 5.83.